The monoisotopic (exact) mass is 377 g/mol. The molecule has 27 heavy (non-hydrogen) atoms. The first kappa shape index (κ1) is 21.2. The standard InChI is InChI=1S/C20H32N4O3/c1-15(2)13-21-19(25)20(26)22-14-18(24-9-11-27-12-10-24)16-5-7-17(8-6-16)23(3)4/h5-8,15,18H,9-14H2,1-4H3,(H,21,25)(H,22,26)/p+1/t18-/m1/s1. The molecule has 0 unspecified atom stereocenters. The predicted octanol–water partition coefficient (Wildman–Crippen LogP) is -0.403. The van der Waals surface area contributed by atoms with Crippen LogP contribution in [0.1, 0.15) is 25.5 Å². The number of quaternary nitrogens is 1. The zero-order valence-corrected chi connectivity index (χ0v) is 16.9. The van der Waals surface area contributed by atoms with Crippen molar-refractivity contribution in [2.75, 3.05) is 58.4 Å². The van der Waals surface area contributed by atoms with Crippen LogP contribution in [0.3, 0.4) is 0 Å². The number of benzene rings is 1. The highest BCUT2D eigenvalue weighted by molar-refractivity contribution is 6.35. The molecule has 1 aliphatic heterocycles. The van der Waals surface area contributed by atoms with Crippen molar-refractivity contribution in [2.24, 2.45) is 5.92 Å². The maximum atomic E-state index is 12.2. The Morgan fingerprint density at radius 1 is 1.04 bits per heavy atom. The number of nitrogens with one attached hydrogen (secondary N) is 3. The van der Waals surface area contributed by atoms with Gasteiger partial charge in [-0.3, -0.25) is 9.59 Å². The average Bonchev–Trinajstić information content (AvgIpc) is 2.67. The van der Waals surface area contributed by atoms with Crippen LogP contribution < -0.4 is 20.4 Å². The molecular weight excluding hydrogens is 344 g/mol. The third kappa shape index (κ3) is 6.52. The molecule has 1 aromatic carbocycles. The molecule has 0 aliphatic carbocycles. The second kappa shape index (κ2) is 10.3. The Kier molecular flexibility index (Phi) is 8.06. The van der Waals surface area contributed by atoms with Gasteiger partial charge in [0.2, 0.25) is 0 Å². The van der Waals surface area contributed by atoms with Gasteiger partial charge in [0.05, 0.1) is 19.8 Å². The van der Waals surface area contributed by atoms with Crippen molar-refractivity contribution in [1.82, 2.24) is 10.6 Å². The van der Waals surface area contributed by atoms with E-state index in [2.05, 4.69) is 39.8 Å². The summed E-state index contributed by atoms with van der Waals surface area (Å²) in [4.78, 5) is 27.5. The van der Waals surface area contributed by atoms with E-state index in [1.165, 1.54) is 4.90 Å². The van der Waals surface area contributed by atoms with Gasteiger partial charge in [0, 0.05) is 31.9 Å². The summed E-state index contributed by atoms with van der Waals surface area (Å²) in [5, 5.41) is 5.48. The van der Waals surface area contributed by atoms with E-state index in [1.807, 2.05) is 27.9 Å². The van der Waals surface area contributed by atoms with Crippen LogP contribution in [0.2, 0.25) is 0 Å². The van der Waals surface area contributed by atoms with Crippen molar-refractivity contribution in [3.8, 4) is 0 Å². The highest BCUT2D eigenvalue weighted by atomic mass is 16.5. The van der Waals surface area contributed by atoms with Gasteiger partial charge in [-0.25, -0.2) is 0 Å². The Labute approximate surface area is 162 Å². The van der Waals surface area contributed by atoms with E-state index in [4.69, 9.17) is 4.74 Å². The van der Waals surface area contributed by atoms with Crippen LogP contribution in [0.4, 0.5) is 5.69 Å². The van der Waals surface area contributed by atoms with Gasteiger partial charge in [0.25, 0.3) is 0 Å². The predicted molar refractivity (Wildman–Crippen MR) is 106 cm³/mol. The molecule has 1 aromatic rings. The Morgan fingerprint density at radius 2 is 1.59 bits per heavy atom. The normalized spacial score (nSPS) is 16.0. The molecule has 0 aromatic heterocycles. The van der Waals surface area contributed by atoms with E-state index in [1.54, 1.807) is 0 Å². The second-order valence-corrected chi connectivity index (χ2v) is 7.62. The van der Waals surface area contributed by atoms with Crippen LogP contribution in [0.5, 0.6) is 0 Å². The molecule has 1 aliphatic rings. The minimum atomic E-state index is -0.571. The van der Waals surface area contributed by atoms with Crippen LogP contribution in [0.15, 0.2) is 24.3 Å². The number of nitrogens with zero attached hydrogens (tertiary/aromatic N) is 1. The maximum absolute atomic E-state index is 12.2. The number of hydrogen-bond acceptors (Lipinski definition) is 4. The molecule has 0 saturated carbocycles. The molecule has 7 nitrogen and oxygen atoms in total. The molecule has 2 rings (SSSR count). The van der Waals surface area contributed by atoms with Gasteiger partial charge < -0.3 is 25.2 Å². The molecule has 1 heterocycles. The summed E-state index contributed by atoms with van der Waals surface area (Å²) in [6, 6.07) is 8.46. The van der Waals surface area contributed by atoms with Crippen molar-refractivity contribution in [3.63, 3.8) is 0 Å². The molecule has 1 saturated heterocycles. The van der Waals surface area contributed by atoms with Crippen LogP contribution in [0, 0.1) is 5.92 Å². The Morgan fingerprint density at radius 3 is 2.11 bits per heavy atom. The molecular formula is C20H33N4O3+. The fourth-order valence-electron chi connectivity index (χ4n) is 3.14. The summed E-state index contributed by atoms with van der Waals surface area (Å²) in [5.74, 6) is -0.830. The van der Waals surface area contributed by atoms with Crippen molar-refractivity contribution in [1.29, 1.82) is 0 Å². The molecule has 150 valence electrons. The smallest absolute Gasteiger partial charge is 0.309 e. The van der Waals surface area contributed by atoms with Gasteiger partial charge in [-0.2, -0.15) is 0 Å². The quantitative estimate of drug-likeness (QED) is 0.565. The molecule has 7 heteroatoms. The lowest BCUT2D eigenvalue weighted by Crippen LogP contribution is -3.15. The number of rotatable bonds is 7. The SMILES string of the molecule is CC(C)CNC(=O)C(=O)NC[C@H](c1ccc(N(C)C)cc1)[NH+]1CCOCC1. The first-order valence-corrected chi connectivity index (χ1v) is 9.64. The van der Waals surface area contributed by atoms with E-state index in [0.717, 1.165) is 24.3 Å². The molecule has 1 atom stereocenters. The largest absolute Gasteiger partial charge is 0.378 e. The third-order valence-electron chi connectivity index (χ3n) is 4.78. The summed E-state index contributed by atoms with van der Waals surface area (Å²) < 4.78 is 5.48. The lowest BCUT2D eigenvalue weighted by atomic mass is 10.0. The van der Waals surface area contributed by atoms with Gasteiger partial charge in [-0.05, 0) is 18.1 Å². The molecule has 0 bridgehead atoms. The summed E-state index contributed by atoms with van der Waals surface area (Å²) in [6.07, 6.45) is 0. The van der Waals surface area contributed by atoms with E-state index in [0.29, 0.717) is 32.2 Å². The summed E-state index contributed by atoms with van der Waals surface area (Å²) >= 11 is 0. The van der Waals surface area contributed by atoms with Gasteiger partial charge in [-0.1, -0.05) is 26.0 Å². The van der Waals surface area contributed by atoms with Gasteiger partial charge >= 0.3 is 11.8 Å². The molecule has 2 amide bonds. The number of amides is 2. The third-order valence-corrected chi connectivity index (χ3v) is 4.78. The van der Waals surface area contributed by atoms with Crippen LogP contribution in [-0.4, -0.2) is 65.3 Å². The Bertz CT molecular complexity index is 610. The van der Waals surface area contributed by atoms with Crippen LogP contribution in [0.25, 0.3) is 0 Å². The van der Waals surface area contributed by atoms with Gasteiger partial charge in [-0.15, -0.1) is 0 Å². The van der Waals surface area contributed by atoms with E-state index in [9.17, 15) is 9.59 Å². The van der Waals surface area contributed by atoms with Crippen molar-refractivity contribution in [2.45, 2.75) is 19.9 Å². The lowest BCUT2D eigenvalue weighted by Gasteiger charge is -2.32. The zero-order chi connectivity index (χ0) is 19.8. The maximum Gasteiger partial charge on any atom is 0.309 e. The Hall–Kier alpha value is -2.12. The number of ether oxygens (including phenoxy) is 1. The summed E-state index contributed by atoms with van der Waals surface area (Å²) in [5.41, 5.74) is 2.28. The topological polar surface area (TPSA) is 75.1 Å². The number of carbonyl (C=O) groups excluding carboxylic acids is 2. The number of anilines is 1. The lowest BCUT2D eigenvalue weighted by molar-refractivity contribution is -0.937. The van der Waals surface area contributed by atoms with E-state index in [-0.39, 0.29) is 6.04 Å². The molecule has 3 N–H and O–H groups in total. The molecule has 1 fully saturated rings. The zero-order valence-electron chi connectivity index (χ0n) is 16.9. The fourth-order valence-corrected chi connectivity index (χ4v) is 3.14. The highest BCUT2D eigenvalue weighted by Crippen LogP contribution is 2.16. The minimum absolute atomic E-state index is 0.0898. The summed E-state index contributed by atoms with van der Waals surface area (Å²) in [6.45, 7) is 8.10. The molecule has 0 radical (unpaired) electrons. The van der Waals surface area contributed by atoms with Crippen molar-refractivity contribution in [3.05, 3.63) is 29.8 Å². The van der Waals surface area contributed by atoms with Crippen LogP contribution >= 0.6 is 0 Å². The first-order valence-electron chi connectivity index (χ1n) is 9.64. The second-order valence-electron chi connectivity index (χ2n) is 7.62. The fraction of sp³-hybridized carbons (Fsp3) is 0.600. The minimum Gasteiger partial charge on any atom is -0.378 e. The average molecular weight is 378 g/mol. The van der Waals surface area contributed by atoms with Gasteiger partial charge in [0.1, 0.15) is 19.1 Å². The van der Waals surface area contributed by atoms with Crippen molar-refractivity contribution >= 4 is 17.5 Å². The molecule has 0 spiro atoms. The van der Waals surface area contributed by atoms with Crippen molar-refractivity contribution < 1.29 is 19.2 Å². The number of hydrogen-bond donors (Lipinski definition) is 3. The number of morpholine rings is 1. The van der Waals surface area contributed by atoms with Crippen LogP contribution in [-0.2, 0) is 14.3 Å². The van der Waals surface area contributed by atoms with E-state index >= 15 is 0 Å². The van der Waals surface area contributed by atoms with E-state index < -0.39 is 11.8 Å². The van der Waals surface area contributed by atoms with Gasteiger partial charge in [0.15, 0.2) is 0 Å². The first-order chi connectivity index (χ1) is 12.9. The number of carbonyl (C=O) groups is 2. The summed E-state index contributed by atoms with van der Waals surface area (Å²) in [7, 11) is 4.02. The Balaban J connectivity index is 2.04. The highest BCUT2D eigenvalue weighted by Gasteiger charge is 2.27.